The molecule has 4 aromatic rings. The lowest BCUT2D eigenvalue weighted by molar-refractivity contribution is -0.134. The van der Waals surface area contributed by atoms with Crippen LogP contribution in [0.1, 0.15) is 36.5 Å². The third-order valence-corrected chi connectivity index (χ3v) is 9.92. The molecule has 274 valence electrons. The predicted octanol–water partition coefficient (Wildman–Crippen LogP) is 2.03. The van der Waals surface area contributed by atoms with Crippen LogP contribution in [0.2, 0.25) is 0 Å². The average molecular weight is 839 g/mol. The van der Waals surface area contributed by atoms with Crippen molar-refractivity contribution in [2.75, 3.05) is 6.54 Å². The molecule has 15 heteroatoms. The van der Waals surface area contributed by atoms with E-state index < -0.39 is 53.7 Å². The fourth-order valence-electron chi connectivity index (χ4n) is 5.59. The van der Waals surface area contributed by atoms with Crippen LogP contribution in [0.4, 0.5) is 0 Å². The molecule has 0 aliphatic carbocycles. The number of hydrogen-bond donors (Lipinski definition) is 7. The fraction of sp³-hybridized carbons (Fsp3) is 0.297. The number of fused-ring (bicyclic) bond motifs is 1. The van der Waals surface area contributed by atoms with Gasteiger partial charge in [0.1, 0.15) is 24.2 Å². The largest absolute Gasteiger partial charge is 0.370 e. The highest BCUT2D eigenvalue weighted by molar-refractivity contribution is 14.1. The molecule has 1 aromatic heterocycles. The van der Waals surface area contributed by atoms with E-state index in [4.69, 9.17) is 17.2 Å². The lowest BCUT2D eigenvalue weighted by atomic mass is 10.0. The van der Waals surface area contributed by atoms with Crippen molar-refractivity contribution >= 4 is 79.5 Å². The molecule has 4 rings (SSSR count). The van der Waals surface area contributed by atoms with Crippen molar-refractivity contribution < 1.29 is 24.0 Å². The van der Waals surface area contributed by atoms with E-state index >= 15 is 0 Å². The summed E-state index contributed by atoms with van der Waals surface area (Å²) in [7, 11) is 0. The summed E-state index contributed by atoms with van der Waals surface area (Å²) in [6.45, 7) is 1.49. The van der Waals surface area contributed by atoms with Crippen molar-refractivity contribution in [2.24, 2.45) is 22.2 Å². The van der Waals surface area contributed by atoms with Gasteiger partial charge in [-0.15, -0.1) is 11.3 Å². The standard InChI is InChI=1S/C37H43IN8O5S/c1-22(47)43-30(18-23-8-3-2-4-9-23)35(50)44-28(11-7-17-42-37(40)41)34(49)46-31(19-24-13-15-26(38)16-14-24)36(51)45-29(33(39)48)20-25-21-52-32-12-6-5-10-27(25)32/h2-6,8-10,12-16,21,28-31H,7,11,17-20H2,1H3,(H2,39,48)(H,43,47)(H,44,50)(H,45,51)(H,46,49)(H4,40,41,42)/t28-,29-,30-,31+/m0/s1. The predicted molar refractivity (Wildman–Crippen MR) is 211 cm³/mol. The van der Waals surface area contributed by atoms with Gasteiger partial charge in [-0.1, -0.05) is 60.7 Å². The first-order chi connectivity index (χ1) is 24.9. The number of benzene rings is 3. The van der Waals surface area contributed by atoms with Gasteiger partial charge in [0.25, 0.3) is 0 Å². The summed E-state index contributed by atoms with van der Waals surface area (Å²) in [5.74, 6) is -3.12. The monoisotopic (exact) mass is 838 g/mol. The summed E-state index contributed by atoms with van der Waals surface area (Å²) in [4.78, 5) is 70.3. The smallest absolute Gasteiger partial charge is 0.243 e. The molecule has 5 amide bonds. The van der Waals surface area contributed by atoms with E-state index in [1.54, 1.807) is 0 Å². The van der Waals surface area contributed by atoms with E-state index in [0.717, 1.165) is 30.3 Å². The van der Waals surface area contributed by atoms with Gasteiger partial charge in [0, 0.05) is 41.0 Å². The molecule has 0 spiro atoms. The number of primary amides is 1. The summed E-state index contributed by atoms with van der Waals surface area (Å²) in [6, 6.07) is 20.0. The Bertz CT molecular complexity index is 1880. The number of halogens is 1. The molecule has 0 unspecified atom stereocenters. The number of carbonyl (C=O) groups is 5. The Balaban J connectivity index is 1.57. The second-order valence-electron chi connectivity index (χ2n) is 12.3. The normalized spacial score (nSPS) is 13.2. The van der Waals surface area contributed by atoms with Gasteiger partial charge in [-0.3, -0.25) is 29.0 Å². The number of nitrogens with zero attached hydrogens (tertiary/aromatic N) is 1. The first-order valence-electron chi connectivity index (χ1n) is 16.7. The summed E-state index contributed by atoms with van der Waals surface area (Å²) in [5.41, 5.74) is 19.2. The van der Waals surface area contributed by atoms with Gasteiger partial charge < -0.3 is 38.5 Å². The van der Waals surface area contributed by atoms with E-state index in [9.17, 15) is 24.0 Å². The van der Waals surface area contributed by atoms with Gasteiger partial charge in [-0.05, 0) is 81.1 Å². The van der Waals surface area contributed by atoms with Crippen molar-refractivity contribution in [3.63, 3.8) is 0 Å². The Morgan fingerprint density at radius 1 is 0.692 bits per heavy atom. The van der Waals surface area contributed by atoms with Crippen LogP contribution >= 0.6 is 33.9 Å². The number of nitrogens with two attached hydrogens (primary N) is 3. The second kappa shape index (κ2) is 19.5. The molecular formula is C37H43IN8O5S. The van der Waals surface area contributed by atoms with Crippen LogP contribution in [-0.2, 0) is 43.2 Å². The Labute approximate surface area is 319 Å². The topological polar surface area (TPSA) is 224 Å². The highest BCUT2D eigenvalue weighted by Crippen LogP contribution is 2.26. The maximum Gasteiger partial charge on any atom is 0.243 e. The minimum absolute atomic E-state index is 0.0819. The Morgan fingerprint density at radius 3 is 1.88 bits per heavy atom. The van der Waals surface area contributed by atoms with Crippen LogP contribution in [0.15, 0.2) is 89.2 Å². The SMILES string of the molecule is CC(=O)N[C@@H](Cc1ccccc1)C(=O)N[C@@H](CCCN=C(N)N)C(=O)N[C@H](Cc1ccc(I)cc1)C(=O)N[C@@H](Cc1csc2ccccc12)C(N)=O. The van der Waals surface area contributed by atoms with Crippen LogP contribution in [0.5, 0.6) is 0 Å². The van der Waals surface area contributed by atoms with Crippen molar-refractivity contribution in [1.82, 2.24) is 21.3 Å². The Morgan fingerprint density at radius 2 is 1.25 bits per heavy atom. The molecule has 0 aliphatic rings. The van der Waals surface area contributed by atoms with Crippen LogP contribution in [0.3, 0.4) is 0 Å². The lowest BCUT2D eigenvalue weighted by Gasteiger charge is -2.26. The number of carbonyl (C=O) groups excluding carboxylic acids is 5. The van der Waals surface area contributed by atoms with Crippen molar-refractivity contribution in [2.45, 2.75) is 63.2 Å². The maximum atomic E-state index is 14.0. The Hall–Kier alpha value is -5.03. The first kappa shape index (κ1) is 39.8. The van der Waals surface area contributed by atoms with E-state index in [1.807, 2.05) is 84.2 Å². The summed E-state index contributed by atoms with van der Waals surface area (Å²) < 4.78 is 2.02. The molecule has 0 bridgehead atoms. The summed E-state index contributed by atoms with van der Waals surface area (Å²) in [6.07, 6.45) is 0.842. The van der Waals surface area contributed by atoms with E-state index in [1.165, 1.54) is 18.3 Å². The van der Waals surface area contributed by atoms with Gasteiger partial charge in [0.2, 0.25) is 29.5 Å². The molecule has 0 aliphatic heterocycles. The van der Waals surface area contributed by atoms with E-state index in [-0.39, 0.29) is 38.2 Å². The van der Waals surface area contributed by atoms with E-state index in [2.05, 4.69) is 48.9 Å². The molecule has 4 atom stereocenters. The van der Waals surface area contributed by atoms with Crippen molar-refractivity contribution in [3.05, 3.63) is 105 Å². The van der Waals surface area contributed by atoms with Gasteiger partial charge in [0.15, 0.2) is 5.96 Å². The van der Waals surface area contributed by atoms with E-state index in [0.29, 0.717) is 6.42 Å². The Kier molecular flexibility index (Phi) is 14.9. The average Bonchev–Trinajstić information content (AvgIpc) is 3.52. The zero-order chi connectivity index (χ0) is 37.6. The molecule has 1 heterocycles. The second-order valence-corrected chi connectivity index (χ2v) is 14.4. The minimum atomic E-state index is -1.15. The highest BCUT2D eigenvalue weighted by Gasteiger charge is 2.31. The molecule has 0 saturated carbocycles. The molecule has 0 fully saturated rings. The molecule has 10 N–H and O–H groups in total. The minimum Gasteiger partial charge on any atom is -0.370 e. The molecule has 0 saturated heterocycles. The van der Waals surface area contributed by atoms with Crippen LogP contribution in [0.25, 0.3) is 10.1 Å². The summed E-state index contributed by atoms with van der Waals surface area (Å²) >= 11 is 3.70. The highest BCUT2D eigenvalue weighted by atomic mass is 127. The number of thiophene rings is 1. The van der Waals surface area contributed by atoms with Crippen molar-refractivity contribution in [3.8, 4) is 0 Å². The van der Waals surface area contributed by atoms with Gasteiger partial charge >= 0.3 is 0 Å². The quantitative estimate of drug-likeness (QED) is 0.0342. The zero-order valence-corrected chi connectivity index (χ0v) is 31.6. The molecule has 0 radical (unpaired) electrons. The molecule has 13 nitrogen and oxygen atoms in total. The third kappa shape index (κ3) is 12.3. The zero-order valence-electron chi connectivity index (χ0n) is 28.6. The van der Waals surface area contributed by atoms with Gasteiger partial charge in [-0.2, -0.15) is 0 Å². The number of aliphatic imine (C=N–C) groups is 1. The number of amides is 5. The maximum absolute atomic E-state index is 14.0. The molecule has 52 heavy (non-hydrogen) atoms. The molecule has 3 aromatic carbocycles. The number of nitrogens with one attached hydrogen (secondary N) is 4. The molecular weight excluding hydrogens is 795 g/mol. The van der Waals surface area contributed by atoms with Crippen LogP contribution in [-0.4, -0.2) is 66.2 Å². The number of hydrogen-bond acceptors (Lipinski definition) is 7. The first-order valence-corrected chi connectivity index (χ1v) is 18.6. The fourth-order valence-corrected chi connectivity index (χ4v) is 6.93. The van der Waals surface area contributed by atoms with Gasteiger partial charge in [-0.25, -0.2) is 0 Å². The van der Waals surface area contributed by atoms with Crippen LogP contribution in [0, 0.1) is 3.57 Å². The third-order valence-electron chi connectivity index (χ3n) is 8.19. The number of rotatable bonds is 18. The summed E-state index contributed by atoms with van der Waals surface area (Å²) in [5, 5.41) is 13.9. The van der Waals surface area contributed by atoms with Crippen LogP contribution < -0.4 is 38.5 Å². The van der Waals surface area contributed by atoms with Gasteiger partial charge in [0.05, 0.1) is 0 Å². The van der Waals surface area contributed by atoms with Crippen molar-refractivity contribution in [1.29, 1.82) is 0 Å². The lowest BCUT2D eigenvalue weighted by Crippen LogP contribution is -2.59. The number of guanidine groups is 1.